The Labute approximate surface area is 167 Å². The van der Waals surface area contributed by atoms with Gasteiger partial charge in [-0.3, -0.25) is 0 Å². The Balaban J connectivity index is 1.73. The second-order valence-electron chi connectivity index (χ2n) is 6.30. The van der Waals surface area contributed by atoms with Crippen LogP contribution >= 0.6 is 22.9 Å². The Kier molecular flexibility index (Phi) is 5.07. The van der Waals surface area contributed by atoms with E-state index in [1.165, 1.54) is 0 Å². The van der Waals surface area contributed by atoms with Gasteiger partial charge in [0, 0.05) is 36.6 Å². The number of halogens is 1. The monoisotopic (exact) mass is 422 g/mol. The number of fused-ring (bicyclic) bond motifs is 1. The molecule has 0 spiro atoms. The van der Waals surface area contributed by atoms with Gasteiger partial charge < -0.3 is 4.90 Å². The Morgan fingerprint density at radius 3 is 2.59 bits per heavy atom. The fourth-order valence-corrected chi connectivity index (χ4v) is 5.11. The van der Waals surface area contributed by atoms with Crippen LogP contribution in [0.2, 0.25) is 5.02 Å². The van der Waals surface area contributed by atoms with Crippen LogP contribution < -0.4 is 4.90 Å². The second kappa shape index (κ2) is 7.35. The van der Waals surface area contributed by atoms with E-state index in [0.717, 1.165) is 21.6 Å². The van der Waals surface area contributed by atoms with Gasteiger partial charge in [-0.1, -0.05) is 17.7 Å². The highest BCUT2D eigenvalue weighted by atomic mass is 35.5. The molecule has 3 aromatic rings. The van der Waals surface area contributed by atoms with Crippen molar-refractivity contribution in [2.24, 2.45) is 0 Å². The smallest absolute Gasteiger partial charge is 0.213 e. The summed E-state index contributed by atoms with van der Waals surface area (Å²) in [5.41, 5.74) is 0.791. The molecule has 0 aliphatic carbocycles. The van der Waals surface area contributed by atoms with Crippen LogP contribution in [-0.4, -0.2) is 54.6 Å². The summed E-state index contributed by atoms with van der Waals surface area (Å²) in [4.78, 5) is 12.6. The predicted molar refractivity (Wildman–Crippen MR) is 111 cm³/mol. The zero-order valence-electron chi connectivity index (χ0n) is 14.8. The Bertz CT molecular complexity index is 1060. The van der Waals surface area contributed by atoms with Gasteiger partial charge in [-0.25, -0.2) is 18.4 Å². The third-order valence-electron chi connectivity index (χ3n) is 4.68. The van der Waals surface area contributed by atoms with Gasteiger partial charge >= 0.3 is 0 Å². The maximum atomic E-state index is 12.1. The quantitative estimate of drug-likeness (QED) is 0.643. The zero-order valence-corrected chi connectivity index (χ0v) is 17.2. The summed E-state index contributed by atoms with van der Waals surface area (Å²) in [5, 5.41) is 3.55. The number of anilines is 1. The fraction of sp³-hybridized carbons (Fsp3) is 0.333. The number of rotatable bonds is 4. The molecular weight excluding hydrogens is 404 g/mol. The predicted octanol–water partition coefficient (Wildman–Crippen LogP) is 3.48. The van der Waals surface area contributed by atoms with Gasteiger partial charge in [0.15, 0.2) is 5.82 Å². The third-order valence-corrected chi connectivity index (χ3v) is 7.66. The molecule has 0 N–H and O–H groups in total. The average molecular weight is 423 g/mol. The fourth-order valence-electron chi connectivity index (χ4n) is 3.20. The van der Waals surface area contributed by atoms with Gasteiger partial charge in [-0.2, -0.15) is 4.31 Å². The highest BCUT2D eigenvalue weighted by Crippen LogP contribution is 2.31. The lowest BCUT2D eigenvalue weighted by molar-refractivity contribution is 0.385. The summed E-state index contributed by atoms with van der Waals surface area (Å²) in [7, 11) is -3.16. The maximum absolute atomic E-state index is 12.1. The number of hydrogen-bond acceptors (Lipinski definition) is 6. The average Bonchev–Trinajstić information content (AvgIpc) is 3.22. The minimum absolute atomic E-state index is 0.129. The van der Waals surface area contributed by atoms with E-state index in [9.17, 15) is 8.42 Å². The van der Waals surface area contributed by atoms with Crippen molar-refractivity contribution in [2.45, 2.75) is 6.92 Å². The van der Waals surface area contributed by atoms with Crippen LogP contribution in [0.4, 0.5) is 5.82 Å². The molecule has 4 rings (SSSR count). The largest absolute Gasteiger partial charge is 0.353 e. The van der Waals surface area contributed by atoms with Gasteiger partial charge in [0.2, 0.25) is 10.0 Å². The van der Waals surface area contributed by atoms with Crippen molar-refractivity contribution in [3.05, 3.63) is 40.7 Å². The number of nitrogens with zero attached hydrogens (tertiary/aromatic N) is 4. The summed E-state index contributed by atoms with van der Waals surface area (Å²) >= 11 is 7.76. The van der Waals surface area contributed by atoms with Gasteiger partial charge in [-0.15, -0.1) is 11.3 Å². The zero-order chi connectivity index (χ0) is 19.0. The molecule has 1 fully saturated rings. The van der Waals surface area contributed by atoms with Gasteiger partial charge in [-0.05, 0) is 36.6 Å². The first-order valence-corrected chi connectivity index (χ1v) is 11.6. The molecule has 0 atom stereocenters. The molecular formula is C18H19ClN4O2S2. The lowest BCUT2D eigenvalue weighted by Crippen LogP contribution is -2.49. The summed E-state index contributed by atoms with van der Waals surface area (Å²) in [6, 6.07) is 9.57. The van der Waals surface area contributed by atoms with Crippen molar-refractivity contribution < 1.29 is 8.42 Å². The van der Waals surface area contributed by atoms with E-state index < -0.39 is 10.0 Å². The molecule has 1 saturated heterocycles. The van der Waals surface area contributed by atoms with Crippen molar-refractivity contribution in [1.29, 1.82) is 0 Å². The number of benzene rings is 1. The molecule has 0 saturated carbocycles. The van der Waals surface area contributed by atoms with E-state index in [-0.39, 0.29) is 5.75 Å². The van der Waals surface area contributed by atoms with E-state index in [1.807, 2.05) is 35.7 Å². The van der Waals surface area contributed by atoms with Gasteiger partial charge in [0.25, 0.3) is 0 Å². The third kappa shape index (κ3) is 3.67. The number of sulfonamides is 1. The molecule has 1 aliphatic rings. The molecule has 9 heteroatoms. The molecule has 1 aliphatic heterocycles. The highest BCUT2D eigenvalue weighted by molar-refractivity contribution is 7.89. The van der Waals surface area contributed by atoms with Crippen molar-refractivity contribution in [2.75, 3.05) is 36.8 Å². The Hall–Kier alpha value is -1.74. The number of aromatic nitrogens is 2. The van der Waals surface area contributed by atoms with Crippen LogP contribution in [0.25, 0.3) is 21.6 Å². The first-order valence-electron chi connectivity index (χ1n) is 8.72. The Morgan fingerprint density at radius 1 is 1.15 bits per heavy atom. The molecule has 142 valence electrons. The van der Waals surface area contributed by atoms with Crippen molar-refractivity contribution in [3.8, 4) is 10.7 Å². The van der Waals surface area contributed by atoms with E-state index in [1.54, 1.807) is 22.6 Å². The summed E-state index contributed by atoms with van der Waals surface area (Å²) in [6.45, 7) is 3.79. The number of hydrogen-bond donors (Lipinski definition) is 0. The highest BCUT2D eigenvalue weighted by Gasteiger charge is 2.27. The maximum Gasteiger partial charge on any atom is 0.213 e. The minimum atomic E-state index is -3.16. The van der Waals surface area contributed by atoms with Crippen LogP contribution in [-0.2, 0) is 10.0 Å². The molecule has 3 heterocycles. The first-order chi connectivity index (χ1) is 13.0. The summed E-state index contributed by atoms with van der Waals surface area (Å²) < 4.78 is 25.8. The molecule has 6 nitrogen and oxygen atoms in total. The van der Waals surface area contributed by atoms with Crippen molar-refractivity contribution in [3.63, 3.8) is 0 Å². The summed E-state index contributed by atoms with van der Waals surface area (Å²) in [6.07, 6.45) is 0. The van der Waals surface area contributed by atoms with E-state index in [2.05, 4.69) is 9.88 Å². The first kappa shape index (κ1) is 18.6. The van der Waals surface area contributed by atoms with E-state index >= 15 is 0 Å². The van der Waals surface area contributed by atoms with Crippen LogP contribution in [0, 0.1) is 0 Å². The topological polar surface area (TPSA) is 66.4 Å². The number of thiophene rings is 1. The summed E-state index contributed by atoms with van der Waals surface area (Å²) in [5.74, 6) is 1.62. The van der Waals surface area contributed by atoms with Crippen LogP contribution in [0.3, 0.4) is 0 Å². The molecule has 27 heavy (non-hydrogen) atoms. The molecule has 0 bridgehead atoms. The molecule has 0 amide bonds. The molecule has 2 aromatic heterocycles. The van der Waals surface area contributed by atoms with Crippen LogP contribution in [0.5, 0.6) is 0 Å². The van der Waals surface area contributed by atoms with E-state index in [0.29, 0.717) is 37.0 Å². The molecule has 1 aromatic carbocycles. The SMILES string of the molecule is CCS(=O)(=O)N1CCN(c2nc(-c3cccs3)nc3cc(Cl)ccc23)CC1. The normalized spacial score (nSPS) is 16.1. The van der Waals surface area contributed by atoms with Crippen molar-refractivity contribution >= 4 is 49.7 Å². The Morgan fingerprint density at radius 2 is 1.93 bits per heavy atom. The second-order valence-corrected chi connectivity index (χ2v) is 9.94. The van der Waals surface area contributed by atoms with E-state index in [4.69, 9.17) is 16.6 Å². The van der Waals surface area contributed by atoms with Crippen LogP contribution in [0.1, 0.15) is 6.92 Å². The standard InChI is InChI=1S/C18H19ClN4O2S2/c1-2-27(24,25)23-9-7-22(8-10-23)18-14-6-5-13(19)12-15(14)20-17(21-18)16-4-3-11-26-16/h3-6,11-12H,2,7-10H2,1H3. The number of piperazine rings is 1. The molecule has 0 radical (unpaired) electrons. The van der Waals surface area contributed by atoms with Crippen molar-refractivity contribution in [1.82, 2.24) is 14.3 Å². The lowest BCUT2D eigenvalue weighted by atomic mass is 10.2. The lowest BCUT2D eigenvalue weighted by Gasteiger charge is -2.35. The molecule has 0 unspecified atom stereocenters. The minimum Gasteiger partial charge on any atom is -0.353 e. The van der Waals surface area contributed by atoms with Crippen LogP contribution in [0.15, 0.2) is 35.7 Å². The van der Waals surface area contributed by atoms with Gasteiger partial charge in [0.05, 0.1) is 16.1 Å². The van der Waals surface area contributed by atoms with Gasteiger partial charge in [0.1, 0.15) is 5.82 Å².